The van der Waals surface area contributed by atoms with E-state index in [9.17, 15) is 4.79 Å². The minimum absolute atomic E-state index is 0.0697. The van der Waals surface area contributed by atoms with E-state index >= 15 is 0 Å². The van der Waals surface area contributed by atoms with Crippen molar-refractivity contribution in [3.05, 3.63) is 40.4 Å². The van der Waals surface area contributed by atoms with Crippen LogP contribution in [0.25, 0.3) is 10.7 Å². The molecule has 0 aromatic carbocycles. The van der Waals surface area contributed by atoms with Crippen LogP contribution in [0.5, 0.6) is 0 Å². The largest absolute Gasteiger partial charge is 0.374 e. The summed E-state index contributed by atoms with van der Waals surface area (Å²) in [6, 6.07) is 1.62. The molecule has 4 rings (SSSR count). The molecule has 0 radical (unpaired) electrons. The standard InChI is InChI=1S/C16H19N7O2S/c1-21-15(24)8-12(9-18-21)22-5-6-25-13(10-22)2-4-23-11-14(19-20-23)16-17-3-7-26-16/h3,7-9,11,13H,2,4-6,10H2,1H3/t13-/m0/s1. The Morgan fingerprint density at radius 1 is 1.42 bits per heavy atom. The van der Waals surface area contributed by atoms with Crippen molar-refractivity contribution in [3.8, 4) is 10.7 Å². The molecule has 3 aromatic rings. The van der Waals surface area contributed by atoms with E-state index in [1.54, 1.807) is 36.8 Å². The Bertz CT molecular complexity index is 921. The van der Waals surface area contributed by atoms with Crippen LogP contribution in [-0.4, -0.2) is 55.6 Å². The van der Waals surface area contributed by atoms with Gasteiger partial charge in [-0.15, -0.1) is 16.4 Å². The summed E-state index contributed by atoms with van der Waals surface area (Å²) < 4.78 is 9.01. The first kappa shape index (κ1) is 16.9. The molecule has 3 aromatic heterocycles. The van der Waals surface area contributed by atoms with Gasteiger partial charge in [0.05, 0.1) is 30.8 Å². The van der Waals surface area contributed by atoms with Crippen molar-refractivity contribution in [2.45, 2.75) is 19.1 Å². The van der Waals surface area contributed by atoms with Crippen LogP contribution in [0.3, 0.4) is 0 Å². The summed E-state index contributed by atoms with van der Waals surface area (Å²) >= 11 is 1.54. The fourth-order valence-electron chi connectivity index (χ4n) is 2.89. The Labute approximate surface area is 153 Å². The summed E-state index contributed by atoms with van der Waals surface area (Å²) in [6.45, 7) is 2.82. The van der Waals surface area contributed by atoms with Crippen LogP contribution >= 0.6 is 11.3 Å². The Balaban J connectivity index is 1.36. The second-order valence-electron chi connectivity index (χ2n) is 6.11. The lowest BCUT2D eigenvalue weighted by Gasteiger charge is -2.34. The Hall–Kier alpha value is -2.59. The van der Waals surface area contributed by atoms with Crippen molar-refractivity contribution in [1.82, 2.24) is 29.8 Å². The van der Waals surface area contributed by atoms with Gasteiger partial charge in [-0.25, -0.2) is 9.67 Å². The molecule has 1 aliphatic rings. The van der Waals surface area contributed by atoms with Crippen molar-refractivity contribution >= 4 is 17.0 Å². The Morgan fingerprint density at radius 2 is 2.35 bits per heavy atom. The summed E-state index contributed by atoms with van der Waals surface area (Å²) in [5, 5.41) is 15.2. The summed E-state index contributed by atoms with van der Waals surface area (Å²) in [5.41, 5.74) is 1.52. The predicted molar refractivity (Wildman–Crippen MR) is 97.2 cm³/mol. The molecule has 136 valence electrons. The van der Waals surface area contributed by atoms with Gasteiger partial charge < -0.3 is 9.64 Å². The van der Waals surface area contributed by atoms with Gasteiger partial charge >= 0.3 is 0 Å². The van der Waals surface area contributed by atoms with Gasteiger partial charge in [0.1, 0.15) is 10.7 Å². The highest BCUT2D eigenvalue weighted by molar-refractivity contribution is 7.13. The lowest BCUT2D eigenvalue weighted by Crippen LogP contribution is -2.43. The number of rotatable bonds is 5. The molecule has 26 heavy (non-hydrogen) atoms. The van der Waals surface area contributed by atoms with Crippen LogP contribution < -0.4 is 10.5 Å². The molecule has 0 unspecified atom stereocenters. The fourth-order valence-corrected chi connectivity index (χ4v) is 3.48. The molecule has 0 saturated carbocycles. The SMILES string of the molecule is Cn1ncc(N2CCO[C@@H](CCn3cc(-c4nccs4)nn3)C2)cc1=O. The molecule has 0 N–H and O–H groups in total. The van der Waals surface area contributed by atoms with Crippen molar-refractivity contribution in [2.75, 3.05) is 24.6 Å². The maximum Gasteiger partial charge on any atom is 0.268 e. The van der Waals surface area contributed by atoms with Crippen molar-refractivity contribution in [2.24, 2.45) is 7.05 Å². The number of ether oxygens (including phenoxy) is 1. The quantitative estimate of drug-likeness (QED) is 0.653. The predicted octanol–water partition coefficient (Wildman–Crippen LogP) is 0.791. The number of thiazole rings is 1. The van der Waals surface area contributed by atoms with Crippen LogP contribution in [0.2, 0.25) is 0 Å². The summed E-state index contributed by atoms with van der Waals surface area (Å²) in [4.78, 5) is 18.2. The third-order valence-electron chi connectivity index (χ3n) is 4.33. The number of hydrogen-bond donors (Lipinski definition) is 0. The first-order valence-corrected chi connectivity index (χ1v) is 9.27. The minimum Gasteiger partial charge on any atom is -0.374 e. The smallest absolute Gasteiger partial charge is 0.268 e. The highest BCUT2D eigenvalue weighted by Gasteiger charge is 2.21. The van der Waals surface area contributed by atoms with Gasteiger partial charge in [-0.2, -0.15) is 5.10 Å². The monoisotopic (exact) mass is 373 g/mol. The summed E-state index contributed by atoms with van der Waals surface area (Å²) in [6.07, 6.45) is 6.27. The van der Waals surface area contributed by atoms with E-state index < -0.39 is 0 Å². The van der Waals surface area contributed by atoms with E-state index in [1.165, 1.54) is 4.68 Å². The zero-order valence-electron chi connectivity index (χ0n) is 14.4. The highest BCUT2D eigenvalue weighted by atomic mass is 32.1. The molecule has 4 heterocycles. The summed E-state index contributed by atoms with van der Waals surface area (Å²) in [5.74, 6) is 0. The number of morpholine rings is 1. The van der Waals surface area contributed by atoms with Crippen molar-refractivity contribution in [3.63, 3.8) is 0 Å². The fraction of sp³-hybridized carbons (Fsp3) is 0.438. The van der Waals surface area contributed by atoms with Gasteiger partial charge in [0.15, 0.2) is 0 Å². The molecule has 1 saturated heterocycles. The van der Waals surface area contributed by atoms with E-state index in [2.05, 4.69) is 25.3 Å². The molecular formula is C16H19N7O2S. The highest BCUT2D eigenvalue weighted by Crippen LogP contribution is 2.19. The summed E-state index contributed by atoms with van der Waals surface area (Å²) in [7, 11) is 1.65. The third kappa shape index (κ3) is 3.65. The van der Waals surface area contributed by atoms with E-state index in [4.69, 9.17) is 4.74 Å². The van der Waals surface area contributed by atoms with E-state index in [0.29, 0.717) is 13.2 Å². The van der Waals surface area contributed by atoms with E-state index in [-0.39, 0.29) is 11.7 Å². The maximum atomic E-state index is 11.8. The second-order valence-corrected chi connectivity index (χ2v) is 7.00. The van der Waals surface area contributed by atoms with Crippen molar-refractivity contribution < 1.29 is 4.74 Å². The second kappa shape index (κ2) is 7.34. The zero-order chi connectivity index (χ0) is 17.9. The molecule has 1 aliphatic heterocycles. The first-order valence-electron chi connectivity index (χ1n) is 8.39. The molecule has 0 spiro atoms. The number of anilines is 1. The molecule has 1 atom stereocenters. The van der Waals surface area contributed by atoms with Crippen LogP contribution in [0.1, 0.15) is 6.42 Å². The van der Waals surface area contributed by atoms with E-state index in [1.807, 2.05) is 16.3 Å². The number of aryl methyl sites for hydroxylation is 2. The van der Waals surface area contributed by atoms with Crippen LogP contribution in [0.15, 0.2) is 34.8 Å². The molecule has 10 heteroatoms. The average molecular weight is 373 g/mol. The number of aromatic nitrogens is 6. The molecule has 0 aliphatic carbocycles. The normalized spacial score (nSPS) is 17.6. The molecule has 9 nitrogen and oxygen atoms in total. The van der Waals surface area contributed by atoms with Gasteiger partial charge in [0, 0.05) is 44.3 Å². The van der Waals surface area contributed by atoms with Gasteiger partial charge in [-0.1, -0.05) is 5.21 Å². The third-order valence-corrected chi connectivity index (χ3v) is 5.12. The van der Waals surface area contributed by atoms with Gasteiger partial charge in [0.25, 0.3) is 5.56 Å². The Kier molecular flexibility index (Phi) is 4.76. The average Bonchev–Trinajstić information content (AvgIpc) is 3.34. The topological polar surface area (TPSA) is 91.0 Å². The maximum absolute atomic E-state index is 11.8. The van der Waals surface area contributed by atoms with Crippen molar-refractivity contribution in [1.29, 1.82) is 0 Å². The van der Waals surface area contributed by atoms with Crippen LogP contribution in [0, 0.1) is 0 Å². The van der Waals surface area contributed by atoms with Gasteiger partial charge in [-0.05, 0) is 6.42 Å². The molecule has 0 bridgehead atoms. The van der Waals surface area contributed by atoms with E-state index in [0.717, 1.165) is 35.9 Å². The molecule has 1 fully saturated rings. The van der Waals surface area contributed by atoms with Crippen LogP contribution in [-0.2, 0) is 18.3 Å². The lowest BCUT2D eigenvalue weighted by molar-refractivity contribution is 0.0318. The first-order chi connectivity index (χ1) is 12.7. The zero-order valence-corrected chi connectivity index (χ0v) is 15.2. The van der Waals surface area contributed by atoms with Gasteiger partial charge in [0.2, 0.25) is 0 Å². The Morgan fingerprint density at radius 3 is 3.15 bits per heavy atom. The molecule has 0 amide bonds. The van der Waals surface area contributed by atoms with Gasteiger partial charge in [-0.3, -0.25) is 9.48 Å². The van der Waals surface area contributed by atoms with Crippen LogP contribution in [0.4, 0.5) is 5.69 Å². The lowest BCUT2D eigenvalue weighted by atomic mass is 10.2. The number of nitrogens with zero attached hydrogens (tertiary/aromatic N) is 7. The molecular weight excluding hydrogens is 354 g/mol. The number of hydrogen-bond acceptors (Lipinski definition) is 8. The minimum atomic E-state index is -0.108.